The highest BCUT2D eigenvalue weighted by atomic mass is 16.4. The first-order chi connectivity index (χ1) is 11.5. The molecule has 7 heteroatoms. The average molecular weight is 337 g/mol. The van der Waals surface area contributed by atoms with Crippen molar-refractivity contribution >= 4 is 11.9 Å². The first-order valence-electron chi connectivity index (χ1n) is 8.33. The highest BCUT2D eigenvalue weighted by Gasteiger charge is 2.26. The Kier molecular flexibility index (Phi) is 9.64. The first kappa shape index (κ1) is 20.1. The number of carboxylic acid groups (broad SMARTS) is 2. The molecule has 0 radical (unpaired) electrons. The number of hydrogen-bond acceptors (Lipinski definition) is 5. The second kappa shape index (κ2) is 11.5. The molecule has 1 aromatic rings. The van der Waals surface area contributed by atoms with Crippen molar-refractivity contribution in [1.29, 1.82) is 0 Å². The van der Waals surface area contributed by atoms with Gasteiger partial charge in [-0.25, -0.2) is 4.79 Å². The fourth-order valence-corrected chi connectivity index (χ4v) is 2.97. The molecule has 1 aliphatic carbocycles. The SMILES string of the molecule is C1CCC2NCCCC2C1.NCC(=O)O.O=C(O)c1ccncc1. The summed E-state index contributed by atoms with van der Waals surface area (Å²) in [7, 11) is 0. The Hall–Kier alpha value is -1.99. The molecule has 1 saturated heterocycles. The smallest absolute Gasteiger partial charge is 0.335 e. The molecule has 1 saturated carbocycles. The van der Waals surface area contributed by atoms with E-state index in [0.717, 1.165) is 12.0 Å². The van der Waals surface area contributed by atoms with Crippen LogP contribution in [-0.2, 0) is 4.79 Å². The Morgan fingerprint density at radius 1 is 1.12 bits per heavy atom. The van der Waals surface area contributed by atoms with Crippen molar-refractivity contribution in [2.45, 2.75) is 44.6 Å². The fraction of sp³-hybridized carbons (Fsp3) is 0.588. The maximum absolute atomic E-state index is 10.2. The van der Waals surface area contributed by atoms with Crippen molar-refractivity contribution in [3.63, 3.8) is 0 Å². The fourth-order valence-electron chi connectivity index (χ4n) is 2.97. The summed E-state index contributed by atoms with van der Waals surface area (Å²) < 4.78 is 0. The van der Waals surface area contributed by atoms with Crippen molar-refractivity contribution in [2.75, 3.05) is 13.1 Å². The molecule has 0 spiro atoms. The molecule has 2 aliphatic rings. The van der Waals surface area contributed by atoms with Gasteiger partial charge in [0.05, 0.1) is 12.1 Å². The summed E-state index contributed by atoms with van der Waals surface area (Å²) >= 11 is 0. The van der Waals surface area contributed by atoms with E-state index in [2.05, 4.69) is 16.0 Å². The third-order valence-corrected chi connectivity index (χ3v) is 4.17. The molecule has 5 N–H and O–H groups in total. The average Bonchev–Trinajstić information content (AvgIpc) is 2.63. The first-order valence-corrected chi connectivity index (χ1v) is 8.33. The van der Waals surface area contributed by atoms with E-state index in [1.807, 2.05) is 0 Å². The maximum atomic E-state index is 10.2. The van der Waals surface area contributed by atoms with Gasteiger partial charge in [-0.1, -0.05) is 12.8 Å². The molecule has 0 amide bonds. The van der Waals surface area contributed by atoms with E-state index in [1.165, 1.54) is 69.6 Å². The van der Waals surface area contributed by atoms with E-state index in [0.29, 0.717) is 0 Å². The maximum Gasteiger partial charge on any atom is 0.335 e. The molecule has 1 aromatic heterocycles. The van der Waals surface area contributed by atoms with E-state index in [1.54, 1.807) is 0 Å². The second-order valence-electron chi connectivity index (χ2n) is 5.89. The molecule has 0 aromatic carbocycles. The summed E-state index contributed by atoms with van der Waals surface area (Å²) in [4.78, 5) is 23.1. The van der Waals surface area contributed by atoms with Gasteiger partial charge in [0, 0.05) is 18.4 Å². The number of hydrogen-bond donors (Lipinski definition) is 4. The number of aliphatic carboxylic acids is 1. The van der Waals surface area contributed by atoms with Crippen molar-refractivity contribution < 1.29 is 19.8 Å². The predicted molar refractivity (Wildman–Crippen MR) is 90.9 cm³/mol. The highest BCUT2D eigenvalue weighted by molar-refractivity contribution is 5.87. The number of fused-ring (bicyclic) bond motifs is 1. The largest absolute Gasteiger partial charge is 0.480 e. The van der Waals surface area contributed by atoms with Crippen LogP contribution in [0.3, 0.4) is 0 Å². The minimum absolute atomic E-state index is 0.269. The quantitative estimate of drug-likeness (QED) is 0.647. The van der Waals surface area contributed by atoms with E-state index >= 15 is 0 Å². The summed E-state index contributed by atoms with van der Waals surface area (Å²) in [6.45, 7) is 1.00. The van der Waals surface area contributed by atoms with E-state index < -0.39 is 11.9 Å². The molecule has 2 heterocycles. The van der Waals surface area contributed by atoms with Gasteiger partial charge in [0.1, 0.15) is 0 Å². The van der Waals surface area contributed by atoms with E-state index in [9.17, 15) is 9.59 Å². The monoisotopic (exact) mass is 337 g/mol. The van der Waals surface area contributed by atoms with Gasteiger partial charge in [0.15, 0.2) is 0 Å². The van der Waals surface area contributed by atoms with Gasteiger partial charge < -0.3 is 21.3 Å². The van der Waals surface area contributed by atoms with Gasteiger partial charge in [-0.3, -0.25) is 9.78 Å². The molecule has 24 heavy (non-hydrogen) atoms. The van der Waals surface area contributed by atoms with Crippen LogP contribution >= 0.6 is 0 Å². The van der Waals surface area contributed by atoms with Crippen LogP contribution in [0, 0.1) is 5.92 Å². The number of aromatic nitrogens is 1. The normalized spacial score (nSPS) is 21.9. The number of carbonyl (C=O) groups is 2. The molecule has 134 valence electrons. The molecular formula is C17H27N3O4. The van der Waals surface area contributed by atoms with Crippen LogP contribution in [0.5, 0.6) is 0 Å². The van der Waals surface area contributed by atoms with Gasteiger partial charge in [0.25, 0.3) is 0 Å². The molecule has 1 aliphatic heterocycles. The number of nitrogens with two attached hydrogens (primary N) is 1. The third-order valence-electron chi connectivity index (χ3n) is 4.17. The zero-order valence-corrected chi connectivity index (χ0v) is 13.9. The van der Waals surface area contributed by atoms with Crippen LogP contribution < -0.4 is 11.1 Å². The number of nitrogens with one attached hydrogen (secondary N) is 1. The number of nitrogens with zero attached hydrogens (tertiary/aromatic N) is 1. The van der Waals surface area contributed by atoms with Crippen LogP contribution in [0.4, 0.5) is 0 Å². The van der Waals surface area contributed by atoms with Crippen LogP contribution in [0.1, 0.15) is 48.9 Å². The van der Waals surface area contributed by atoms with Crippen molar-refractivity contribution in [3.05, 3.63) is 30.1 Å². The van der Waals surface area contributed by atoms with Crippen molar-refractivity contribution in [1.82, 2.24) is 10.3 Å². The second-order valence-corrected chi connectivity index (χ2v) is 5.89. The molecule has 2 atom stereocenters. The Morgan fingerprint density at radius 3 is 2.21 bits per heavy atom. The van der Waals surface area contributed by atoms with E-state index in [-0.39, 0.29) is 12.1 Å². The lowest BCUT2D eigenvalue weighted by Gasteiger charge is -2.36. The van der Waals surface area contributed by atoms with Crippen LogP contribution in [0.25, 0.3) is 0 Å². The summed E-state index contributed by atoms with van der Waals surface area (Å²) in [5.41, 5.74) is 4.84. The molecular weight excluding hydrogens is 310 g/mol. The Bertz CT molecular complexity index is 470. The number of pyridine rings is 1. The third kappa shape index (κ3) is 8.03. The molecule has 2 fully saturated rings. The Balaban J connectivity index is 0.000000192. The van der Waals surface area contributed by atoms with Crippen molar-refractivity contribution in [2.24, 2.45) is 11.7 Å². The summed E-state index contributed by atoms with van der Waals surface area (Å²) in [5, 5.41) is 19.6. The zero-order valence-electron chi connectivity index (χ0n) is 13.9. The Labute approximate surface area is 142 Å². The van der Waals surface area contributed by atoms with E-state index in [4.69, 9.17) is 10.2 Å². The van der Waals surface area contributed by atoms with Crippen molar-refractivity contribution in [3.8, 4) is 0 Å². The lowest BCUT2D eigenvalue weighted by Crippen LogP contribution is -2.42. The van der Waals surface area contributed by atoms with Crippen LogP contribution in [0.15, 0.2) is 24.5 Å². The number of rotatable bonds is 2. The summed E-state index contributed by atoms with van der Waals surface area (Å²) in [6.07, 6.45) is 11.7. The van der Waals surface area contributed by atoms with Gasteiger partial charge in [0.2, 0.25) is 0 Å². The van der Waals surface area contributed by atoms with Gasteiger partial charge in [-0.05, 0) is 50.3 Å². The Morgan fingerprint density at radius 2 is 1.71 bits per heavy atom. The summed E-state index contributed by atoms with van der Waals surface area (Å²) in [5.74, 6) is -0.843. The van der Waals surface area contributed by atoms with Crippen LogP contribution in [0.2, 0.25) is 0 Å². The van der Waals surface area contributed by atoms with Gasteiger partial charge in [-0.2, -0.15) is 0 Å². The van der Waals surface area contributed by atoms with Crippen LogP contribution in [-0.4, -0.2) is 46.3 Å². The lowest BCUT2D eigenvalue weighted by atomic mass is 9.80. The van der Waals surface area contributed by atoms with Gasteiger partial charge in [-0.15, -0.1) is 0 Å². The number of carboxylic acids is 2. The summed E-state index contributed by atoms with van der Waals surface area (Å²) in [6, 6.07) is 3.80. The zero-order chi connectivity index (χ0) is 17.8. The molecule has 0 bridgehead atoms. The highest BCUT2D eigenvalue weighted by Crippen LogP contribution is 2.30. The number of piperidine rings is 1. The predicted octanol–water partition coefficient (Wildman–Crippen LogP) is 1.74. The minimum Gasteiger partial charge on any atom is -0.480 e. The molecule has 3 rings (SSSR count). The standard InChI is InChI=1S/C9H17N.C6H5NO2.C2H5NO2/c1-2-6-9-8(4-1)5-3-7-10-9;8-6(9)5-1-3-7-4-2-5;3-1-2(4)5/h8-10H,1-7H2;1-4H,(H,8,9);1,3H2,(H,4,5). The molecule has 2 unspecified atom stereocenters. The topological polar surface area (TPSA) is 126 Å². The minimum atomic E-state index is -0.968. The number of aromatic carboxylic acids is 1. The lowest BCUT2D eigenvalue weighted by molar-refractivity contribution is -0.135. The molecule has 7 nitrogen and oxygen atoms in total. The van der Waals surface area contributed by atoms with Gasteiger partial charge >= 0.3 is 11.9 Å².